The van der Waals surface area contributed by atoms with E-state index in [9.17, 15) is 71.1 Å². The molecule has 4 aliphatic carbocycles. The van der Waals surface area contributed by atoms with Crippen molar-refractivity contribution in [1.82, 2.24) is 0 Å². The van der Waals surface area contributed by atoms with Crippen molar-refractivity contribution < 1.29 is 80.5 Å². The highest BCUT2D eigenvalue weighted by molar-refractivity contribution is 5.80. The zero-order valence-corrected chi connectivity index (χ0v) is 25.1. The highest BCUT2D eigenvalue weighted by atomic mass is 19.4. The molecule has 0 bridgehead atoms. The van der Waals surface area contributed by atoms with E-state index in [0.29, 0.717) is 31.3 Å². The second-order valence-electron chi connectivity index (χ2n) is 13.7. The number of rotatable bonds is 7. The molecule has 4 rings (SSSR count). The van der Waals surface area contributed by atoms with Crippen molar-refractivity contribution in [3.63, 3.8) is 0 Å². The van der Waals surface area contributed by atoms with E-state index in [1.807, 2.05) is 6.92 Å². The zero-order valence-electron chi connectivity index (χ0n) is 25.1. The van der Waals surface area contributed by atoms with Crippen molar-refractivity contribution in [2.24, 2.45) is 34.5 Å². The van der Waals surface area contributed by atoms with Gasteiger partial charge in [-0.15, -0.1) is 0 Å². The van der Waals surface area contributed by atoms with Crippen LogP contribution in [0.3, 0.4) is 0 Å². The van der Waals surface area contributed by atoms with E-state index in [-0.39, 0.29) is 43.4 Å². The second-order valence-corrected chi connectivity index (χ2v) is 13.7. The van der Waals surface area contributed by atoms with Crippen LogP contribution in [0, 0.1) is 34.5 Å². The fourth-order valence-electron chi connectivity index (χ4n) is 8.70. The molecule has 0 aliphatic heterocycles. The maximum atomic E-state index is 13.9. The number of alkyl halides is 14. The van der Waals surface area contributed by atoms with Crippen LogP contribution in [0.5, 0.6) is 0 Å². The van der Waals surface area contributed by atoms with Gasteiger partial charge >= 0.3 is 48.0 Å². The summed E-state index contributed by atoms with van der Waals surface area (Å²) in [4.78, 5) is 23.8. The van der Waals surface area contributed by atoms with E-state index in [1.54, 1.807) is 13.0 Å². The summed E-state index contributed by atoms with van der Waals surface area (Å²) in [6.07, 6.45) is -12.6. The molecule has 0 amide bonds. The number of carbonyl (C=O) groups is 2. The van der Waals surface area contributed by atoms with Crippen LogP contribution in [0.25, 0.3) is 0 Å². The predicted octanol–water partition coefficient (Wildman–Crippen LogP) is 9.07. The molecule has 3 fully saturated rings. The first-order valence-electron chi connectivity index (χ1n) is 14.8. The van der Waals surface area contributed by atoms with Crippen LogP contribution in [-0.4, -0.2) is 60.2 Å². The SMILES string of the molecule is C[C@@H](OC(=O)C(F)(F)C(F)(F)C(F)(F)F)[C@H]1CCC2C3CC=C4C[C@@H](OC(=O)C(F)(F)C(F)(F)C(F)(F)F)CC[C@]4(C)C3CC[C@@]21C. The molecular weight excluding hydrogens is 678 g/mol. The Morgan fingerprint density at radius 3 is 1.81 bits per heavy atom. The van der Waals surface area contributed by atoms with Crippen LogP contribution in [0.15, 0.2) is 11.6 Å². The van der Waals surface area contributed by atoms with Gasteiger partial charge in [0.05, 0.1) is 0 Å². The standard InChI is InChI=1S/C29H32F14O4/c1-13(46-20(44)24(30,31)26(34,35)28(38,39)40)17-6-7-18-16-5-4-14-12-15(8-10-22(14,2)19(16)9-11-23(17,18)3)47-21(45)25(32,33)27(36,37)29(41,42)43/h4,13,15-19H,5-12H2,1-3H3/t13-,15+,16?,17-,18?,19?,22+,23-/m1/s1. The lowest BCUT2D eigenvalue weighted by molar-refractivity contribution is -0.349. The van der Waals surface area contributed by atoms with Gasteiger partial charge in [-0.2, -0.15) is 61.5 Å². The summed E-state index contributed by atoms with van der Waals surface area (Å²) >= 11 is 0. The van der Waals surface area contributed by atoms with Gasteiger partial charge in [0.1, 0.15) is 12.2 Å². The molecule has 0 aromatic carbocycles. The van der Waals surface area contributed by atoms with Gasteiger partial charge in [-0.25, -0.2) is 9.59 Å². The second kappa shape index (κ2) is 11.4. The van der Waals surface area contributed by atoms with E-state index in [0.717, 1.165) is 6.92 Å². The van der Waals surface area contributed by atoms with E-state index >= 15 is 0 Å². The Labute approximate surface area is 259 Å². The molecule has 0 N–H and O–H groups in total. The Morgan fingerprint density at radius 1 is 0.745 bits per heavy atom. The van der Waals surface area contributed by atoms with Crippen LogP contribution < -0.4 is 0 Å². The van der Waals surface area contributed by atoms with Crippen LogP contribution >= 0.6 is 0 Å². The number of hydrogen-bond donors (Lipinski definition) is 0. The van der Waals surface area contributed by atoms with Crippen LogP contribution in [0.2, 0.25) is 0 Å². The van der Waals surface area contributed by atoms with Crippen molar-refractivity contribution in [2.45, 2.75) is 120 Å². The largest absolute Gasteiger partial charge is 0.460 e. The molecule has 18 heteroatoms. The van der Waals surface area contributed by atoms with E-state index in [1.165, 1.54) is 0 Å². The van der Waals surface area contributed by atoms with Gasteiger partial charge in [-0.3, -0.25) is 0 Å². The average Bonchev–Trinajstić information content (AvgIpc) is 3.29. The fourth-order valence-corrected chi connectivity index (χ4v) is 8.70. The van der Waals surface area contributed by atoms with E-state index in [2.05, 4.69) is 9.47 Å². The number of ether oxygens (including phenoxy) is 2. The average molecular weight is 711 g/mol. The summed E-state index contributed by atoms with van der Waals surface area (Å²) in [7, 11) is 0. The minimum absolute atomic E-state index is 0.0830. The first-order chi connectivity index (χ1) is 21.1. The maximum Gasteiger partial charge on any atom is 0.460 e. The number of fused-ring (bicyclic) bond motifs is 5. The number of carbonyl (C=O) groups excluding carboxylic acids is 2. The Morgan fingerprint density at radius 2 is 1.28 bits per heavy atom. The topological polar surface area (TPSA) is 52.6 Å². The highest BCUT2D eigenvalue weighted by Gasteiger charge is 2.78. The molecule has 4 aliphatic rings. The molecule has 3 saturated carbocycles. The third kappa shape index (κ3) is 5.68. The molecule has 270 valence electrons. The summed E-state index contributed by atoms with van der Waals surface area (Å²) in [6.45, 7) is 4.82. The first kappa shape index (κ1) is 37.5. The molecule has 47 heavy (non-hydrogen) atoms. The summed E-state index contributed by atoms with van der Waals surface area (Å²) in [5.74, 6) is -32.6. The fraction of sp³-hybridized carbons (Fsp3) is 0.862. The van der Waals surface area contributed by atoms with Gasteiger partial charge in [0, 0.05) is 12.3 Å². The van der Waals surface area contributed by atoms with Gasteiger partial charge in [0.25, 0.3) is 0 Å². The molecule has 0 heterocycles. The number of halogens is 14. The summed E-state index contributed by atoms with van der Waals surface area (Å²) in [6, 6.07) is 0. The molecule has 3 unspecified atom stereocenters. The summed E-state index contributed by atoms with van der Waals surface area (Å²) < 4.78 is 193. The Hall–Kier alpha value is -2.30. The van der Waals surface area contributed by atoms with E-state index < -0.39 is 76.9 Å². The Kier molecular flexibility index (Phi) is 9.08. The van der Waals surface area contributed by atoms with Gasteiger partial charge in [-0.05, 0) is 80.5 Å². The lowest BCUT2D eigenvalue weighted by atomic mass is 9.47. The van der Waals surface area contributed by atoms with Crippen LogP contribution in [-0.2, 0) is 19.1 Å². The lowest BCUT2D eigenvalue weighted by Gasteiger charge is -2.58. The molecule has 0 radical (unpaired) electrons. The number of allylic oxidation sites excluding steroid dienone is 1. The quantitative estimate of drug-likeness (QED) is 0.150. The van der Waals surface area contributed by atoms with E-state index in [4.69, 9.17) is 0 Å². The minimum atomic E-state index is -6.71. The molecule has 0 saturated heterocycles. The van der Waals surface area contributed by atoms with Gasteiger partial charge in [0.2, 0.25) is 0 Å². The van der Waals surface area contributed by atoms with Gasteiger partial charge in [0.15, 0.2) is 0 Å². The highest BCUT2D eigenvalue weighted by Crippen LogP contribution is 2.67. The van der Waals surface area contributed by atoms with Crippen LogP contribution in [0.4, 0.5) is 61.5 Å². The van der Waals surface area contributed by atoms with Gasteiger partial charge in [-0.1, -0.05) is 25.5 Å². The number of esters is 2. The molecule has 0 aromatic rings. The monoisotopic (exact) mass is 710 g/mol. The van der Waals surface area contributed by atoms with Gasteiger partial charge < -0.3 is 9.47 Å². The third-order valence-electron chi connectivity index (χ3n) is 11.3. The third-order valence-corrected chi connectivity index (χ3v) is 11.3. The summed E-state index contributed by atoms with van der Waals surface area (Å²) in [5, 5.41) is 0. The van der Waals surface area contributed by atoms with Crippen molar-refractivity contribution in [2.75, 3.05) is 0 Å². The molecule has 4 nitrogen and oxygen atoms in total. The van der Waals surface area contributed by atoms with Crippen molar-refractivity contribution in [1.29, 1.82) is 0 Å². The maximum absolute atomic E-state index is 13.9. The normalized spacial score (nSPS) is 34.4. The Bertz CT molecular complexity index is 1270. The molecule has 8 atom stereocenters. The minimum Gasteiger partial charge on any atom is -0.458 e. The molecule has 0 aromatic heterocycles. The van der Waals surface area contributed by atoms with Crippen molar-refractivity contribution >= 4 is 11.9 Å². The van der Waals surface area contributed by atoms with Crippen molar-refractivity contribution in [3.8, 4) is 0 Å². The van der Waals surface area contributed by atoms with Crippen molar-refractivity contribution in [3.05, 3.63) is 11.6 Å². The summed E-state index contributed by atoms with van der Waals surface area (Å²) in [5.41, 5.74) is -0.679. The smallest absolute Gasteiger partial charge is 0.458 e. The number of hydrogen-bond acceptors (Lipinski definition) is 4. The zero-order chi connectivity index (χ0) is 36.0. The first-order valence-corrected chi connectivity index (χ1v) is 14.8. The van der Waals surface area contributed by atoms with Crippen LogP contribution in [0.1, 0.15) is 72.1 Å². The molecular formula is C29H32F14O4. The predicted molar refractivity (Wildman–Crippen MR) is 133 cm³/mol. The lowest BCUT2D eigenvalue weighted by Crippen LogP contribution is -2.57. The molecule has 0 spiro atoms. The Balaban J connectivity index is 1.46.